The second kappa shape index (κ2) is 5.82. The van der Waals surface area contributed by atoms with Crippen molar-refractivity contribution in [2.75, 3.05) is 7.05 Å². The molecule has 0 saturated heterocycles. The average Bonchev–Trinajstić information content (AvgIpc) is 2.47. The van der Waals surface area contributed by atoms with E-state index in [4.69, 9.17) is 0 Å². The van der Waals surface area contributed by atoms with E-state index in [0.717, 1.165) is 23.0 Å². The predicted molar refractivity (Wildman–Crippen MR) is 71.7 cm³/mol. The summed E-state index contributed by atoms with van der Waals surface area (Å²) in [5.74, 6) is 0.612. The van der Waals surface area contributed by atoms with Gasteiger partial charge in [-0.1, -0.05) is 13.8 Å². The van der Waals surface area contributed by atoms with E-state index in [2.05, 4.69) is 40.2 Å². The van der Waals surface area contributed by atoms with Crippen LogP contribution < -0.4 is 5.32 Å². The van der Waals surface area contributed by atoms with Gasteiger partial charge in [-0.15, -0.1) is 0 Å². The molecule has 1 heterocycles. The molecule has 0 aliphatic heterocycles. The third-order valence-corrected chi connectivity index (χ3v) is 4.31. The van der Waals surface area contributed by atoms with Gasteiger partial charge in [-0.05, 0) is 48.7 Å². The molecular weight excluding hydrogens is 266 g/mol. The molecule has 2 unspecified atom stereocenters. The molecule has 0 aliphatic carbocycles. The van der Waals surface area contributed by atoms with Crippen LogP contribution in [0.5, 0.6) is 0 Å². The van der Waals surface area contributed by atoms with E-state index >= 15 is 0 Å². The van der Waals surface area contributed by atoms with Crippen LogP contribution in [0.1, 0.15) is 31.7 Å². The zero-order valence-corrected chi connectivity index (χ0v) is 12.4. The monoisotopic (exact) mass is 287 g/mol. The maximum Gasteiger partial charge on any atom is 0.0738 e. The van der Waals surface area contributed by atoms with Gasteiger partial charge in [0, 0.05) is 13.1 Å². The number of nitrogens with one attached hydrogen (secondary N) is 1. The number of rotatable bonds is 5. The Bertz CT molecular complexity index is 342. The molecule has 1 aromatic rings. The van der Waals surface area contributed by atoms with Crippen LogP contribution in [0.15, 0.2) is 4.47 Å². The van der Waals surface area contributed by atoms with Crippen molar-refractivity contribution in [3.63, 3.8) is 0 Å². The van der Waals surface area contributed by atoms with Gasteiger partial charge in [-0.25, -0.2) is 0 Å². The van der Waals surface area contributed by atoms with Crippen molar-refractivity contribution in [2.45, 2.75) is 39.7 Å². The summed E-state index contributed by atoms with van der Waals surface area (Å²) in [5, 5.41) is 7.80. The Morgan fingerprint density at radius 3 is 2.50 bits per heavy atom. The van der Waals surface area contributed by atoms with Crippen LogP contribution in [-0.2, 0) is 13.5 Å². The zero-order valence-electron chi connectivity index (χ0n) is 10.8. The molecule has 0 radical (unpaired) electrons. The molecule has 1 rings (SSSR count). The van der Waals surface area contributed by atoms with E-state index in [-0.39, 0.29) is 0 Å². The molecule has 0 saturated carbocycles. The first kappa shape index (κ1) is 13.7. The molecule has 0 spiro atoms. The Morgan fingerprint density at radius 2 is 2.12 bits per heavy atom. The lowest BCUT2D eigenvalue weighted by molar-refractivity contribution is 0.379. The third kappa shape index (κ3) is 2.86. The molecule has 0 fully saturated rings. The van der Waals surface area contributed by atoms with Crippen molar-refractivity contribution < 1.29 is 0 Å². The molecule has 1 aromatic heterocycles. The third-order valence-electron chi connectivity index (χ3n) is 3.27. The zero-order chi connectivity index (χ0) is 12.3. The molecule has 0 bridgehead atoms. The van der Waals surface area contributed by atoms with Crippen molar-refractivity contribution in [3.05, 3.63) is 15.9 Å². The molecule has 0 aliphatic rings. The first-order chi connectivity index (χ1) is 7.51. The van der Waals surface area contributed by atoms with E-state index < -0.39 is 0 Å². The van der Waals surface area contributed by atoms with E-state index in [9.17, 15) is 0 Å². The number of aromatic nitrogens is 2. The highest BCUT2D eigenvalue weighted by atomic mass is 79.9. The van der Waals surface area contributed by atoms with Crippen molar-refractivity contribution in [3.8, 4) is 0 Å². The summed E-state index contributed by atoms with van der Waals surface area (Å²) in [5.41, 5.74) is 2.36. The molecule has 0 amide bonds. The van der Waals surface area contributed by atoms with Gasteiger partial charge in [-0.3, -0.25) is 4.68 Å². The summed E-state index contributed by atoms with van der Waals surface area (Å²) in [6.45, 7) is 6.55. The van der Waals surface area contributed by atoms with Crippen LogP contribution in [0.2, 0.25) is 0 Å². The van der Waals surface area contributed by atoms with Gasteiger partial charge in [-0.2, -0.15) is 5.10 Å². The average molecular weight is 288 g/mol. The van der Waals surface area contributed by atoms with Gasteiger partial charge >= 0.3 is 0 Å². The quantitative estimate of drug-likeness (QED) is 0.902. The van der Waals surface area contributed by atoms with Crippen LogP contribution in [0.25, 0.3) is 0 Å². The van der Waals surface area contributed by atoms with Gasteiger partial charge in [0.1, 0.15) is 0 Å². The predicted octanol–water partition coefficient (Wildman–Crippen LogP) is 2.67. The van der Waals surface area contributed by atoms with Gasteiger partial charge in [0.2, 0.25) is 0 Å². The summed E-state index contributed by atoms with van der Waals surface area (Å²) in [7, 11) is 4.05. The van der Waals surface area contributed by atoms with Gasteiger partial charge < -0.3 is 5.32 Å². The van der Waals surface area contributed by atoms with Crippen molar-refractivity contribution >= 4 is 15.9 Å². The molecule has 0 aromatic carbocycles. The Hall–Kier alpha value is -0.350. The summed E-state index contributed by atoms with van der Waals surface area (Å²) in [6.07, 6.45) is 2.21. The summed E-state index contributed by atoms with van der Waals surface area (Å²) in [4.78, 5) is 0. The van der Waals surface area contributed by atoms with E-state index in [0.29, 0.717) is 12.0 Å². The number of hydrogen-bond donors (Lipinski definition) is 1. The Labute approximate surface area is 107 Å². The molecule has 1 N–H and O–H groups in total. The van der Waals surface area contributed by atoms with Crippen molar-refractivity contribution in [2.24, 2.45) is 13.0 Å². The minimum atomic E-state index is 0.571. The van der Waals surface area contributed by atoms with Crippen LogP contribution in [0, 0.1) is 12.8 Å². The minimum absolute atomic E-state index is 0.571. The van der Waals surface area contributed by atoms with Gasteiger partial charge in [0.25, 0.3) is 0 Å². The Morgan fingerprint density at radius 1 is 1.50 bits per heavy atom. The fraction of sp³-hybridized carbons (Fsp3) is 0.750. The highest BCUT2D eigenvalue weighted by molar-refractivity contribution is 9.10. The lowest BCUT2D eigenvalue weighted by Gasteiger charge is -2.22. The second-order valence-electron chi connectivity index (χ2n) is 4.45. The molecule has 92 valence electrons. The first-order valence-corrected chi connectivity index (χ1v) is 6.65. The molecule has 3 nitrogen and oxygen atoms in total. The van der Waals surface area contributed by atoms with Crippen LogP contribution in [-0.4, -0.2) is 22.9 Å². The molecular formula is C12H22BrN3. The van der Waals surface area contributed by atoms with Crippen LogP contribution in [0.4, 0.5) is 0 Å². The minimum Gasteiger partial charge on any atom is -0.317 e. The van der Waals surface area contributed by atoms with Crippen LogP contribution in [0.3, 0.4) is 0 Å². The fourth-order valence-electron chi connectivity index (χ4n) is 2.24. The van der Waals surface area contributed by atoms with Crippen LogP contribution >= 0.6 is 15.9 Å². The number of nitrogens with zero attached hydrogens (tertiary/aromatic N) is 2. The Kier molecular flexibility index (Phi) is 4.99. The van der Waals surface area contributed by atoms with E-state index in [1.807, 2.05) is 25.7 Å². The smallest absolute Gasteiger partial charge is 0.0738 e. The summed E-state index contributed by atoms with van der Waals surface area (Å²) >= 11 is 3.62. The highest BCUT2D eigenvalue weighted by Crippen LogP contribution is 2.24. The normalized spacial score (nSPS) is 15.1. The number of aryl methyl sites for hydroxylation is 2. The summed E-state index contributed by atoms with van der Waals surface area (Å²) in [6, 6.07) is 0.571. The first-order valence-electron chi connectivity index (χ1n) is 5.86. The maximum atomic E-state index is 4.42. The number of halogens is 1. The Balaban J connectivity index is 2.80. The van der Waals surface area contributed by atoms with Gasteiger partial charge in [0.15, 0.2) is 0 Å². The second-order valence-corrected chi connectivity index (χ2v) is 5.25. The standard InChI is InChI=1S/C12H22BrN3/c1-6-10(14-4)8(2)7-11-12(13)9(3)15-16(11)5/h8,10,14H,6-7H2,1-5H3. The highest BCUT2D eigenvalue weighted by Gasteiger charge is 2.18. The lowest BCUT2D eigenvalue weighted by atomic mass is 9.94. The summed E-state index contributed by atoms with van der Waals surface area (Å²) < 4.78 is 3.14. The SMILES string of the molecule is CCC(NC)C(C)Cc1c(Br)c(C)nn1C. The van der Waals surface area contributed by atoms with Crippen molar-refractivity contribution in [1.29, 1.82) is 0 Å². The van der Waals surface area contributed by atoms with Gasteiger partial charge in [0.05, 0.1) is 15.9 Å². The maximum absolute atomic E-state index is 4.42. The lowest BCUT2D eigenvalue weighted by Crippen LogP contribution is -2.32. The molecule has 16 heavy (non-hydrogen) atoms. The fourth-order valence-corrected chi connectivity index (χ4v) is 2.74. The molecule has 2 atom stereocenters. The largest absolute Gasteiger partial charge is 0.317 e. The number of hydrogen-bond acceptors (Lipinski definition) is 2. The van der Waals surface area contributed by atoms with Crippen molar-refractivity contribution in [1.82, 2.24) is 15.1 Å². The van der Waals surface area contributed by atoms with E-state index in [1.54, 1.807) is 0 Å². The molecule has 4 heteroatoms. The van der Waals surface area contributed by atoms with E-state index in [1.165, 1.54) is 5.69 Å². The topological polar surface area (TPSA) is 29.9 Å².